The Bertz CT molecular complexity index is 707. The average molecular weight is 284 g/mol. The van der Waals surface area contributed by atoms with Gasteiger partial charge in [-0.2, -0.15) is 0 Å². The molecule has 3 rings (SSSR count). The van der Waals surface area contributed by atoms with Crippen LogP contribution >= 0.6 is 0 Å². The highest BCUT2D eigenvalue weighted by Gasteiger charge is 2.20. The van der Waals surface area contributed by atoms with E-state index >= 15 is 0 Å². The molecule has 2 aromatic carbocycles. The zero-order valence-electron chi connectivity index (χ0n) is 11.9. The third-order valence-corrected chi connectivity index (χ3v) is 3.66. The van der Waals surface area contributed by atoms with Crippen LogP contribution in [0.1, 0.15) is 28.3 Å². The Labute approximate surface area is 123 Å². The summed E-state index contributed by atoms with van der Waals surface area (Å²) in [5.74, 6) is 0.0294. The number of aromatic hydroxyl groups is 1. The molecule has 21 heavy (non-hydrogen) atoms. The first-order chi connectivity index (χ1) is 10.0. The summed E-state index contributed by atoms with van der Waals surface area (Å²) >= 11 is 0. The van der Waals surface area contributed by atoms with Crippen molar-refractivity contribution in [3.05, 3.63) is 70.5 Å². The van der Waals surface area contributed by atoms with Crippen LogP contribution in [0.3, 0.4) is 0 Å². The Kier molecular flexibility index (Phi) is 3.39. The summed E-state index contributed by atoms with van der Waals surface area (Å²) in [5, 5.41) is 10.2. The highest BCUT2D eigenvalue weighted by Crippen LogP contribution is 2.32. The smallest absolute Gasteiger partial charge is 0.127 e. The molecule has 1 aliphatic rings. The number of phenolic OH excluding ortho intramolecular Hbond substituents is 1. The number of hydrazine groups is 1. The molecule has 1 unspecified atom stereocenters. The van der Waals surface area contributed by atoms with E-state index in [1.807, 2.05) is 32.1 Å². The molecule has 108 valence electrons. The maximum absolute atomic E-state index is 13.0. The Hall–Kier alpha value is -2.33. The van der Waals surface area contributed by atoms with Crippen molar-refractivity contribution in [2.24, 2.45) is 0 Å². The van der Waals surface area contributed by atoms with Crippen molar-refractivity contribution in [1.29, 1.82) is 0 Å². The largest absolute Gasteiger partial charge is 0.507 e. The molecule has 4 heteroatoms. The van der Waals surface area contributed by atoms with Crippen molar-refractivity contribution < 1.29 is 9.50 Å². The zero-order chi connectivity index (χ0) is 15.0. The van der Waals surface area contributed by atoms with Crippen LogP contribution in [0.5, 0.6) is 5.75 Å². The Balaban J connectivity index is 1.95. The van der Waals surface area contributed by atoms with E-state index < -0.39 is 0 Å². The van der Waals surface area contributed by atoms with E-state index in [1.54, 1.807) is 12.1 Å². The van der Waals surface area contributed by atoms with Crippen LogP contribution in [0.2, 0.25) is 0 Å². The van der Waals surface area contributed by atoms with Gasteiger partial charge in [0.25, 0.3) is 0 Å². The number of aryl methyl sites for hydroxylation is 2. The topological polar surface area (TPSA) is 44.3 Å². The molecule has 0 aliphatic carbocycles. The van der Waals surface area contributed by atoms with Gasteiger partial charge >= 0.3 is 0 Å². The standard InChI is InChI=1S/C17H17FN2O/c1-10-7-11(2)17(21)14(8-10)16-9-15(19-20-16)12-3-5-13(18)6-4-12/h3-9,15,19-21H,1-2H3. The molecule has 1 aliphatic heterocycles. The van der Waals surface area contributed by atoms with Crippen LogP contribution in [0, 0.1) is 19.7 Å². The minimum atomic E-state index is -0.249. The van der Waals surface area contributed by atoms with E-state index in [1.165, 1.54) is 12.1 Å². The average Bonchev–Trinajstić information content (AvgIpc) is 2.93. The Morgan fingerprint density at radius 1 is 1.10 bits per heavy atom. The van der Waals surface area contributed by atoms with E-state index in [9.17, 15) is 9.50 Å². The van der Waals surface area contributed by atoms with Crippen LogP contribution in [-0.4, -0.2) is 5.11 Å². The number of phenols is 1. The van der Waals surface area contributed by atoms with E-state index in [0.717, 1.165) is 28.0 Å². The minimum absolute atomic E-state index is 0.0548. The van der Waals surface area contributed by atoms with E-state index in [2.05, 4.69) is 10.9 Å². The predicted molar refractivity (Wildman–Crippen MR) is 81.0 cm³/mol. The summed E-state index contributed by atoms with van der Waals surface area (Å²) in [6, 6.07) is 10.2. The summed E-state index contributed by atoms with van der Waals surface area (Å²) < 4.78 is 13.0. The van der Waals surface area contributed by atoms with Crippen LogP contribution in [0.4, 0.5) is 4.39 Å². The molecule has 0 saturated heterocycles. The normalized spacial score (nSPS) is 17.5. The van der Waals surface area contributed by atoms with Crippen molar-refractivity contribution in [2.45, 2.75) is 19.9 Å². The molecule has 3 N–H and O–H groups in total. The Morgan fingerprint density at radius 3 is 2.52 bits per heavy atom. The highest BCUT2D eigenvalue weighted by atomic mass is 19.1. The molecule has 0 aromatic heterocycles. The van der Waals surface area contributed by atoms with Crippen molar-refractivity contribution >= 4 is 5.70 Å². The molecule has 0 spiro atoms. The van der Waals surface area contributed by atoms with Gasteiger partial charge in [-0.15, -0.1) is 0 Å². The minimum Gasteiger partial charge on any atom is -0.507 e. The van der Waals surface area contributed by atoms with Gasteiger partial charge in [0.05, 0.1) is 11.7 Å². The van der Waals surface area contributed by atoms with E-state index in [-0.39, 0.29) is 17.6 Å². The quantitative estimate of drug-likeness (QED) is 0.792. The highest BCUT2D eigenvalue weighted by molar-refractivity contribution is 5.72. The summed E-state index contributed by atoms with van der Waals surface area (Å²) in [5.41, 5.74) is 10.7. The van der Waals surface area contributed by atoms with Crippen molar-refractivity contribution in [3.63, 3.8) is 0 Å². The lowest BCUT2D eigenvalue weighted by Crippen LogP contribution is -2.26. The molecule has 0 radical (unpaired) electrons. The van der Waals surface area contributed by atoms with Gasteiger partial charge in [0.1, 0.15) is 11.6 Å². The zero-order valence-corrected chi connectivity index (χ0v) is 11.9. The second kappa shape index (κ2) is 5.22. The number of rotatable bonds is 2. The van der Waals surface area contributed by atoms with Gasteiger partial charge in [-0.25, -0.2) is 9.82 Å². The number of hydrogen-bond donors (Lipinski definition) is 3. The SMILES string of the molecule is Cc1cc(C)c(O)c(C2=CC(c3ccc(F)cc3)NN2)c1. The first kappa shape index (κ1) is 13.6. The van der Waals surface area contributed by atoms with Crippen molar-refractivity contribution in [3.8, 4) is 5.75 Å². The van der Waals surface area contributed by atoms with Gasteiger partial charge < -0.3 is 10.5 Å². The summed E-state index contributed by atoms with van der Waals surface area (Å²) in [6.45, 7) is 3.88. The Morgan fingerprint density at radius 2 is 1.81 bits per heavy atom. The van der Waals surface area contributed by atoms with Crippen LogP contribution in [0.25, 0.3) is 5.70 Å². The van der Waals surface area contributed by atoms with Crippen molar-refractivity contribution in [1.82, 2.24) is 10.9 Å². The van der Waals surface area contributed by atoms with Gasteiger partial charge in [0.15, 0.2) is 0 Å². The molecular formula is C17H17FN2O. The third-order valence-electron chi connectivity index (χ3n) is 3.66. The molecule has 2 aromatic rings. The van der Waals surface area contributed by atoms with Gasteiger partial charge in [-0.1, -0.05) is 18.2 Å². The van der Waals surface area contributed by atoms with Crippen LogP contribution in [0.15, 0.2) is 42.5 Å². The molecule has 0 saturated carbocycles. The molecule has 0 bridgehead atoms. The van der Waals surface area contributed by atoms with Gasteiger partial charge in [0.2, 0.25) is 0 Å². The lowest BCUT2D eigenvalue weighted by Gasteiger charge is -2.11. The lowest BCUT2D eigenvalue weighted by molar-refractivity contribution is 0.468. The monoisotopic (exact) mass is 284 g/mol. The fourth-order valence-corrected chi connectivity index (χ4v) is 2.58. The second-order valence-corrected chi connectivity index (χ2v) is 5.36. The number of halogens is 1. The maximum Gasteiger partial charge on any atom is 0.127 e. The van der Waals surface area contributed by atoms with E-state index in [0.29, 0.717) is 0 Å². The van der Waals surface area contributed by atoms with Gasteiger partial charge in [-0.05, 0) is 54.8 Å². The van der Waals surface area contributed by atoms with E-state index in [4.69, 9.17) is 0 Å². The summed E-state index contributed by atoms with van der Waals surface area (Å²) in [6.07, 6.45) is 1.99. The fourth-order valence-electron chi connectivity index (χ4n) is 2.58. The van der Waals surface area contributed by atoms with Gasteiger partial charge in [-0.3, -0.25) is 0 Å². The maximum atomic E-state index is 13.0. The summed E-state index contributed by atoms with van der Waals surface area (Å²) in [4.78, 5) is 0. The molecular weight excluding hydrogens is 267 g/mol. The first-order valence-corrected chi connectivity index (χ1v) is 6.84. The van der Waals surface area contributed by atoms with Crippen molar-refractivity contribution in [2.75, 3.05) is 0 Å². The molecule has 0 fully saturated rings. The predicted octanol–water partition coefficient (Wildman–Crippen LogP) is 3.34. The fraction of sp³-hybridized carbons (Fsp3) is 0.176. The molecule has 0 amide bonds. The second-order valence-electron chi connectivity index (χ2n) is 5.36. The molecule has 1 heterocycles. The van der Waals surface area contributed by atoms with Crippen LogP contribution < -0.4 is 10.9 Å². The number of hydrogen-bond acceptors (Lipinski definition) is 3. The molecule has 3 nitrogen and oxygen atoms in total. The number of nitrogens with one attached hydrogen (secondary N) is 2. The molecule has 1 atom stereocenters. The number of benzene rings is 2. The third kappa shape index (κ3) is 2.62. The van der Waals surface area contributed by atoms with Gasteiger partial charge in [0, 0.05) is 5.56 Å². The first-order valence-electron chi connectivity index (χ1n) is 6.84. The van der Waals surface area contributed by atoms with Crippen LogP contribution in [-0.2, 0) is 0 Å². The lowest BCUT2D eigenvalue weighted by atomic mass is 10.0. The summed E-state index contributed by atoms with van der Waals surface area (Å²) in [7, 11) is 0.